The number of carbonyl (C=O) groups excluding carboxylic acids is 3. The molecule has 7 nitrogen and oxygen atoms in total. The van der Waals surface area contributed by atoms with Crippen LogP contribution in [0.4, 0.5) is 10.5 Å². The standard InChI is InChI=1S/C22H24BrN3O4/c1-14-13-16(5-8-18(14)23)24-20(27)10-9-19-21(28)26(22(29)25-19)12-11-15-3-6-17(30-2)7-4-15/h3-8,13,19H,9-12H2,1-2H3,(H,24,27)(H,25,29)/t19-/m1/s1. The van der Waals surface area contributed by atoms with Gasteiger partial charge in [0.05, 0.1) is 7.11 Å². The molecule has 0 bridgehead atoms. The predicted molar refractivity (Wildman–Crippen MR) is 117 cm³/mol. The van der Waals surface area contributed by atoms with Gasteiger partial charge in [0.2, 0.25) is 5.91 Å². The van der Waals surface area contributed by atoms with E-state index in [1.807, 2.05) is 43.3 Å². The Morgan fingerprint density at radius 3 is 2.60 bits per heavy atom. The van der Waals surface area contributed by atoms with Gasteiger partial charge in [-0.15, -0.1) is 0 Å². The summed E-state index contributed by atoms with van der Waals surface area (Å²) < 4.78 is 6.09. The van der Waals surface area contributed by atoms with Crippen LogP contribution in [0.3, 0.4) is 0 Å². The van der Waals surface area contributed by atoms with E-state index in [-0.39, 0.29) is 31.2 Å². The first-order valence-corrected chi connectivity index (χ1v) is 10.5. The van der Waals surface area contributed by atoms with Crippen LogP contribution in [-0.4, -0.2) is 42.4 Å². The van der Waals surface area contributed by atoms with Gasteiger partial charge in [-0.05, 0) is 61.2 Å². The number of nitrogens with one attached hydrogen (secondary N) is 2. The highest BCUT2D eigenvalue weighted by atomic mass is 79.9. The quantitative estimate of drug-likeness (QED) is 0.572. The second kappa shape index (κ2) is 9.75. The normalized spacial score (nSPS) is 15.8. The Balaban J connectivity index is 1.48. The predicted octanol–water partition coefficient (Wildman–Crippen LogP) is 3.65. The Bertz CT molecular complexity index is 946. The molecule has 1 heterocycles. The lowest BCUT2D eigenvalue weighted by atomic mass is 10.1. The van der Waals surface area contributed by atoms with Crippen molar-refractivity contribution in [2.75, 3.05) is 19.0 Å². The molecule has 0 saturated carbocycles. The Morgan fingerprint density at radius 2 is 1.93 bits per heavy atom. The van der Waals surface area contributed by atoms with Crippen molar-refractivity contribution in [3.63, 3.8) is 0 Å². The van der Waals surface area contributed by atoms with E-state index in [1.54, 1.807) is 13.2 Å². The van der Waals surface area contributed by atoms with Crippen LogP contribution in [0.2, 0.25) is 0 Å². The fourth-order valence-electron chi connectivity index (χ4n) is 3.24. The van der Waals surface area contributed by atoms with Crippen molar-refractivity contribution in [1.82, 2.24) is 10.2 Å². The Labute approximate surface area is 183 Å². The summed E-state index contributed by atoms with van der Waals surface area (Å²) in [6, 6.07) is 11.9. The zero-order valence-electron chi connectivity index (χ0n) is 16.9. The van der Waals surface area contributed by atoms with Crippen molar-refractivity contribution in [1.29, 1.82) is 0 Å². The first kappa shape index (κ1) is 21.8. The molecule has 1 saturated heterocycles. The van der Waals surface area contributed by atoms with E-state index in [2.05, 4.69) is 26.6 Å². The van der Waals surface area contributed by atoms with Crippen LogP contribution >= 0.6 is 15.9 Å². The molecule has 8 heteroatoms. The smallest absolute Gasteiger partial charge is 0.324 e. The zero-order valence-corrected chi connectivity index (χ0v) is 18.5. The largest absolute Gasteiger partial charge is 0.497 e. The third-order valence-corrected chi connectivity index (χ3v) is 5.88. The number of rotatable bonds is 8. The fraction of sp³-hybridized carbons (Fsp3) is 0.318. The van der Waals surface area contributed by atoms with Crippen molar-refractivity contribution in [2.45, 2.75) is 32.2 Å². The van der Waals surface area contributed by atoms with Gasteiger partial charge in [-0.1, -0.05) is 28.1 Å². The summed E-state index contributed by atoms with van der Waals surface area (Å²) in [6.45, 7) is 2.23. The lowest BCUT2D eigenvalue weighted by Crippen LogP contribution is -2.33. The van der Waals surface area contributed by atoms with Crippen molar-refractivity contribution in [3.8, 4) is 5.75 Å². The summed E-state index contributed by atoms with van der Waals surface area (Å²) in [7, 11) is 1.60. The minimum Gasteiger partial charge on any atom is -0.497 e. The number of benzene rings is 2. The van der Waals surface area contributed by atoms with Gasteiger partial charge in [-0.2, -0.15) is 0 Å². The molecule has 1 aliphatic rings. The molecule has 0 aliphatic carbocycles. The second-order valence-corrected chi connectivity index (χ2v) is 8.00. The summed E-state index contributed by atoms with van der Waals surface area (Å²) in [5.41, 5.74) is 2.71. The number of nitrogens with zero attached hydrogens (tertiary/aromatic N) is 1. The molecule has 1 atom stereocenters. The molecular formula is C22H24BrN3O4. The van der Waals surface area contributed by atoms with E-state index < -0.39 is 12.1 Å². The van der Waals surface area contributed by atoms with E-state index >= 15 is 0 Å². The highest BCUT2D eigenvalue weighted by Gasteiger charge is 2.37. The van der Waals surface area contributed by atoms with E-state index in [1.165, 1.54) is 4.90 Å². The van der Waals surface area contributed by atoms with E-state index in [0.29, 0.717) is 12.1 Å². The average Bonchev–Trinajstić information content (AvgIpc) is 3.01. The highest BCUT2D eigenvalue weighted by Crippen LogP contribution is 2.20. The number of aryl methyl sites for hydroxylation is 1. The van der Waals surface area contributed by atoms with Crippen LogP contribution in [0.25, 0.3) is 0 Å². The molecule has 0 unspecified atom stereocenters. The lowest BCUT2D eigenvalue weighted by molar-refractivity contribution is -0.127. The Hall–Kier alpha value is -2.87. The van der Waals surface area contributed by atoms with Crippen LogP contribution < -0.4 is 15.4 Å². The number of carbonyl (C=O) groups is 3. The first-order valence-electron chi connectivity index (χ1n) is 9.68. The number of urea groups is 1. The molecule has 2 aromatic rings. The van der Waals surface area contributed by atoms with Gasteiger partial charge in [0.1, 0.15) is 11.8 Å². The minimum absolute atomic E-state index is 0.137. The number of hydrogen-bond acceptors (Lipinski definition) is 4. The van der Waals surface area contributed by atoms with Crippen molar-refractivity contribution < 1.29 is 19.1 Å². The maximum absolute atomic E-state index is 12.6. The fourth-order valence-corrected chi connectivity index (χ4v) is 3.49. The van der Waals surface area contributed by atoms with Crippen LogP contribution in [0, 0.1) is 6.92 Å². The average molecular weight is 474 g/mol. The Morgan fingerprint density at radius 1 is 1.20 bits per heavy atom. The molecule has 3 rings (SSSR count). The summed E-state index contributed by atoms with van der Waals surface area (Å²) >= 11 is 3.42. The monoisotopic (exact) mass is 473 g/mol. The number of halogens is 1. The summed E-state index contributed by atoms with van der Waals surface area (Å²) in [5, 5.41) is 5.49. The second-order valence-electron chi connectivity index (χ2n) is 7.14. The first-order chi connectivity index (χ1) is 14.4. The third-order valence-electron chi connectivity index (χ3n) is 4.99. The van der Waals surface area contributed by atoms with Crippen molar-refractivity contribution in [3.05, 3.63) is 58.1 Å². The van der Waals surface area contributed by atoms with Gasteiger partial charge in [0.15, 0.2) is 0 Å². The van der Waals surface area contributed by atoms with Gasteiger partial charge < -0.3 is 15.4 Å². The van der Waals surface area contributed by atoms with E-state index in [4.69, 9.17) is 4.74 Å². The number of hydrogen-bond donors (Lipinski definition) is 2. The number of ether oxygens (including phenoxy) is 1. The van der Waals surface area contributed by atoms with Crippen LogP contribution in [0.1, 0.15) is 24.0 Å². The third kappa shape index (κ3) is 5.38. The van der Waals surface area contributed by atoms with Gasteiger partial charge in [-0.3, -0.25) is 14.5 Å². The molecule has 0 spiro atoms. The summed E-state index contributed by atoms with van der Waals surface area (Å²) in [5.74, 6) is 0.265. The molecule has 0 radical (unpaired) electrons. The molecule has 158 valence electrons. The van der Waals surface area contributed by atoms with Gasteiger partial charge in [-0.25, -0.2) is 4.79 Å². The van der Waals surface area contributed by atoms with Crippen molar-refractivity contribution in [2.24, 2.45) is 0 Å². The number of methoxy groups -OCH3 is 1. The highest BCUT2D eigenvalue weighted by molar-refractivity contribution is 9.10. The van der Waals surface area contributed by atoms with E-state index in [0.717, 1.165) is 21.3 Å². The molecule has 1 fully saturated rings. The molecule has 2 N–H and O–H groups in total. The molecule has 0 aromatic heterocycles. The molecule has 30 heavy (non-hydrogen) atoms. The maximum atomic E-state index is 12.6. The topological polar surface area (TPSA) is 87.7 Å². The summed E-state index contributed by atoms with van der Waals surface area (Å²) in [4.78, 5) is 38.2. The molecule has 2 aromatic carbocycles. The maximum Gasteiger partial charge on any atom is 0.324 e. The Kier molecular flexibility index (Phi) is 7.10. The van der Waals surface area contributed by atoms with Crippen LogP contribution in [0.15, 0.2) is 46.9 Å². The molecule has 1 aliphatic heterocycles. The lowest BCUT2D eigenvalue weighted by Gasteiger charge is -2.13. The van der Waals surface area contributed by atoms with E-state index in [9.17, 15) is 14.4 Å². The number of anilines is 1. The van der Waals surface area contributed by atoms with Crippen molar-refractivity contribution >= 4 is 39.5 Å². The van der Waals surface area contributed by atoms with Crippen LogP contribution in [-0.2, 0) is 16.0 Å². The molecular weight excluding hydrogens is 450 g/mol. The summed E-state index contributed by atoms with van der Waals surface area (Å²) in [6.07, 6.45) is 0.947. The minimum atomic E-state index is -0.675. The molecule has 4 amide bonds. The number of imide groups is 1. The SMILES string of the molecule is COc1ccc(CCN2C(=O)N[C@H](CCC(=O)Nc3ccc(Br)c(C)c3)C2=O)cc1. The van der Waals surface area contributed by atoms with Gasteiger partial charge >= 0.3 is 6.03 Å². The van der Waals surface area contributed by atoms with Gasteiger partial charge in [0, 0.05) is 23.1 Å². The van der Waals surface area contributed by atoms with Gasteiger partial charge in [0.25, 0.3) is 5.91 Å². The number of amides is 4. The zero-order chi connectivity index (χ0) is 21.7. The van der Waals surface area contributed by atoms with Crippen LogP contribution in [0.5, 0.6) is 5.75 Å².